The standard InChI is InChI=1S/C26H28FN7O2/c1-16(2)25(35)32-13-22(18-5-7-19(27)8-6-18)34-24(14-32)30-26(31-34)29-20-9-10-21(23(11-20)36-4)33-12-17(3)28-15-33/h5-12,15-16,22H,13-14H2,1-4H3,(H,29,31). The maximum atomic E-state index is 13.6. The van der Waals surface area contributed by atoms with Crippen molar-refractivity contribution in [2.45, 2.75) is 33.4 Å². The number of methoxy groups -OCH3 is 1. The first-order chi connectivity index (χ1) is 17.3. The van der Waals surface area contributed by atoms with E-state index in [1.165, 1.54) is 12.1 Å². The first-order valence-electron chi connectivity index (χ1n) is 11.8. The van der Waals surface area contributed by atoms with Gasteiger partial charge in [0.1, 0.15) is 17.4 Å². The summed E-state index contributed by atoms with van der Waals surface area (Å²) in [7, 11) is 1.62. The fourth-order valence-corrected chi connectivity index (χ4v) is 4.40. The van der Waals surface area contributed by atoms with E-state index in [9.17, 15) is 9.18 Å². The van der Waals surface area contributed by atoms with Crippen molar-refractivity contribution < 1.29 is 13.9 Å². The topological polar surface area (TPSA) is 90.1 Å². The van der Waals surface area contributed by atoms with Gasteiger partial charge in [0.2, 0.25) is 11.9 Å². The van der Waals surface area contributed by atoms with Crippen LogP contribution >= 0.6 is 0 Å². The smallest absolute Gasteiger partial charge is 0.246 e. The summed E-state index contributed by atoms with van der Waals surface area (Å²) in [5, 5.41) is 7.97. The summed E-state index contributed by atoms with van der Waals surface area (Å²) < 4.78 is 22.9. The number of amides is 1. The van der Waals surface area contributed by atoms with Gasteiger partial charge in [0.15, 0.2) is 0 Å². The zero-order chi connectivity index (χ0) is 25.4. The highest BCUT2D eigenvalue weighted by atomic mass is 19.1. The third kappa shape index (κ3) is 4.53. The number of aromatic nitrogens is 5. The van der Waals surface area contributed by atoms with Gasteiger partial charge in [0.05, 0.1) is 37.4 Å². The molecule has 1 unspecified atom stereocenters. The van der Waals surface area contributed by atoms with Crippen LogP contribution in [0, 0.1) is 18.7 Å². The van der Waals surface area contributed by atoms with Crippen LogP contribution in [-0.2, 0) is 11.3 Å². The van der Waals surface area contributed by atoms with E-state index in [2.05, 4.69) is 15.3 Å². The van der Waals surface area contributed by atoms with Gasteiger partial charge in [-0.25, -0.2) is 14.1 Å². The van der Waals surface area contributed by atoms with Gasteiger partial charge in [0.25, 0.3) is 0 Å². The number of hydrogen-bond donors (Lipinski definition) is 1. The lowest BCUT2D eigenvalue weighted by Gasteiger charge is -2.34. The van der Waals surface area contributed by atoms with Gasteiger partial charge >= 0.3 is 0 Å². The molecular weight excluding hydrogens is 461 g/mol. The Morgan fingerprint density at radius 1 is 1.19 bits per heavy atom. The molecule has 9 nitrogen and oxygen atoms in total. The summed E-state index contributed by atoms with van der Waals surface area (Å²) in [6.45, 7) is 6.48. The molecule has 186 valence electrons. The van der Waals surface area contributed by atoms with Crippen molar-refractivity contribution in [3.63, 3.8) is 0 Å². The first kappa shape index (κ1) is 23.5. The molecule has 10 heteroatoms. The molecule has 0 saturated carbocycles. The van der Waals surface area contributed by atoms with Gasteiger partial charge in [-0.3, -0.25) is 4.79 Å². The number of carbonyl (C=O) groups is 1. The van der Waals surface area contributed by atoms with Gasteiger partial charge in [-0.15, -0.1) is 5.10 Å². The normalized spacial score (nSPS) is 15.2. The fraction of sp³-hybridized carbons (Fsp3) is 0.308. The van der Waals surface area contributed by atoms with Gasteiger partial charge in [-0.1, -0.05) is 26.0 Å². The molecule has 0 saturated heterocycles. The van der Waals surface area contributed by atoms with Crippen LogP contribution < -0.4 is 10.1 Å². The zero-order valence-electron chi connectivity index (χ0n) is 20.6. The maximum absolute atomic E-state index is 13.6. The number of ether oxygens (including phenoxy) is 1. The lowest BCUT2D eigenvalue weighted by atomic mass is 10.0. The Bertz CT molecular complexity index is 1390. The molecule has 0 radical (unpaired) electrons. The summed E-state index contributed by atoms with van der Waals surface area (Å²) in [6, 6.07) is 11.7. The number of aryl methyl sites for hydroxylation is 1. The molecule has 0 spiro atoms. The molecule has 1 amide bonds. The number of fused-ring (bicyclic) bond motifs is 1. The Balaban J connectivity index is 1.46. The van der Waals surface area contributed by atoms with E-state index in [-0.39, 0.29) is 23.7 Å². The fourth-order valence-electron chi connectivity index (χ4n) is 4.40. The Morgan fingerprint density at radius 3 is 2.64 bits per heavy atom. The minimum atomic E-state index is -0.311. The monoisotopic (exact) mass is 489 g/mol. The second kappa shape index (κ2) is 9.44. The van der Waals surface area contributed by atoms with Crippen LogP contribution in [0.2, 0.25) is 0 Å². The number of nitrogens with zero attached hydrogens (tertiary/aromatic N) is 6. The number of carbonyl (C=O) groups excluding carboxylic acids is 1. The highest BCUT2D eigenvalue weighted by Gasteiger charge is 2.32. The molecule has 0 aliphatic carbocycles. The predicted octanol–water partition coefficient (Wildman–Crippen LogP) is 4.25. The Hall–Kier alpha value is -4.21. The molecule has 1 aliphatic heterocycles. The number of benzene rings is 2. The predicted molar refractivity (Wildman–Crippen MR) is 133 cm³/mol. The van der Waals surface area contributed by atoms with E-state index in [1.807, 2.05) is 54.4 Å². The number of halogens is 1. The molecule has 4 aromatic rings. The van der Waals surface area contributed by atoms with Crippen LogP contribution in [0.15, 0.2) is 55.0 Å². The Labute approximate surface area is 208 Å². The highest BCUT2D eigenvalue weighted by molar-refractivity contribution is 5.78. The second-order valence-corrected chi connectivity index (χ2v) is 9.17. The number of anilines is 2. The molecule has 3 heterocycles. The van der Waals surface area contributed by atoms with Crippen LogP contribution in [0.25, 0.3) is 5.69 Å². The summed E-state index contributed by atoms with van der Waals surface area (Å²) in [5.74, 6) is 1.32. The van der Waals surface area contributed by atoms with Crippen molar-refractivity contribution in [1.29, 1.82) is 0 Å². The van der Waals surface area contributed by atoms with E-state index >= 15 is 0 Å². The molecular formula is C26H28FN7O2. The minimum Gasteiger partial charge on any atom is -0.494 e. The molecule has 0 fully saturated rings. The third-order valence-corrected chi connectivity index (χ3v) is 6.21. The first-order valence-corrected chi connectivity index (χ1v) is 11.8. The third-order valence-electron chi connectivity index (χ3n) is 6.21. The molecule has 0 bridgehead atoms. The Morgan fingerprint density at radius 2 is 1.97 bits per heavy atom. The maximum Gasteiger partial charge on any atom is 0.246 e. The van der Waals surface area contributed by atoms with Crippen molar-refractivity contribution in [1.82, 2.24) is 29.2 Å². The SMILES string of the molecule is COc1cc(Nc2nc3n(n2)C(c2ccc(F)cc2)CN(C(=O)C(C)C)C3)ccc1-n1cnc(C)c1. The lowest BCUT2D eigenvalue weighted by molar-refractivity contribution is -0.136. The highest BCUT2D eigenvalue weighted by Crippen LogP contribution is 2.31. The lowest BCUT2D eigenvalue weighted by Crippen LogP contribution is -2.43. The zero-order valence-corrected chi connectivity index (χ0v) is 20.6. The Kier molecular flexibility index (Phi) is 6.17. The van der Waals surface area contributed by atoms with Gasteiger partial charge in [-0.05, 0) is 36.8 Å². The van der Waals surface area contributed by atoms with E-state index in [4.69, 9.17) is 9.84 Å². The van der Waals surface area contributed by atoms with Crippen molar-refractivity contribution in [2.24, 2.45) is 5.92 Å². The molecule has 2 aromatic heterocycles. The van der Waals surface area contributed by atoms with Crippen molar-refractivity contribution in [3.05, 3.63) is 77.9 Å². The summed E-state index contributed by atoms with van der Waals surface area (Å²) in [5.41, 5.74) is 3.38. The number of rotatable bonds is 6. The van der Waals surface area contributed by atoms with Crippen LogP contribution in [-0.4, -0.2) is 48.8 Å². The number of hydrogen-bond acceptors (Lipinski definition) is 6. The largest absolute Gasteiger partial charge is 0.494 e. The average molecular weight is 490 g/mol. The van der Waals surface area contributed by atoms with E-state index in [0.717, 1.165) is 22.6 Å². The van der Waals surface area contributed by atoms with E-state index < -0.39 is 0 Å². The van der Waals surface area contributed by atoms with Crippen LogP contribution in [0.1, 0.15) is 37.0 Å². The van der Waals surface area contributed by atoms with Gasteiger partial charge in [-0.2, -0.15) is 4.98 Å². The van der Waals surface area contributed by atoms with E-state index in [1.54, 1.807) is 30.5 Å². The van der Waals surface area contributed by atoms with Crippen LogP contribution in [0.3, 0.4) is 0 Å². The second-order valence-electron chi connectivity index (χ2n) is 9.17. The summed E-state index contributed by atoms with van der Waals surface area (Å²) in [4.78, 5) is 23.6. The molecule has 5 rings (SSSR count). The number of nitrogens with one attached hydrogen (secondary N) is 1. The molecule has 36 heavy (non-hydrogen) atoms. The molecule has 1 aliphatic rings. The molecule has 2 aromatic carbocycles. The van der Waals surface area contributed by atoms with Crippen molar-refractivity contribution in [2.75, 3.05) is 19.0 Å². The summed E-state index contributed by atoms with van der Waals surface area (Å²) >= 11 is 0. The van der Waals surface area contributed by atoms with Crippen LogP contribution in [0.4, 0.5) is 16.0 Å². The van der Waals surface area contributed by atoms with Crippen LogP contribution in [0.5, 0.6) is 5.75 Å². The van der Waals surface area contributed by atoms with Crippen molar-refractivity contribution >= 4 is 17.5 Å². The molecule has 1 atom stereocenters. The van der Waals surface area contributed by atoms with E-state index in [0.29, 0.717) is 30.6 Å². The summed E-state index contributed by atoms with van der Waals surface area (Å²) in [6.07, 6.45) is 3.67. The minimum absolute atomic E-state index is 0.0425. The number of imidazole rings is 1. The molecule has 1 N–H and O–H groups in total. The van der Waals surface area contributed by atoms with Gasteiger partial charge in [0, 0.05) is 30.4 Å². The average Bonchev–Trinajstić information content (AvgIpc) is 3.48. The quantitative estimate of drug-likeness (QED) is 0.436. The van der Waals surface area contributed by atoms with Gasteiger partial charge < -0.3 is 19.5 Å². The van der Waals surface area contributed by atoms with Crippen molar-refractivity contribution in [3.8, 4) is 11.4 Å².